The number of carbonyl (C=O) groups is 3. The van der Waals surface area contributed by atoms with E-state index < -0.39 is 11.9 Å². The van der Waals surface area contributed by atoms with Crippen LogP contribution < -0.4 is 4.90 Å². The Morgan fingerprint density at radius 3 is 2.75 bits per heavy atom. The van der Waals surface area contributed by atoms with Gasteiger partial charge in [0.25, 0.3) is 0 Å². The number of esters is 1. The number of nitrogens with zero attached hydrogens (tertiary/aromatic N) is 1. The number of anilines is 1. The molecule has 0 aliphatic carbocycles. The van der Waals surface area contributed by atoms with Crippen molar-refractivity contribution in [1.29, 1.82) is 0 Å². The van der Waals surface area contributed by atoms with E-state index in [9.17, 15) is 14.4 Å². The number of amides is 1. The molecule has 1 aliphatic rings. The number of carbonyl (C=O) groups excluding carboxylic acids is 3. The Balaban J connectivity index is 2.40. The molecule has 0 spiro atoms. The number of hydrogen-bond acceptors (Lipinski definition) is 4. The fourth-order valence-corrected chi connectivity index (χ4v) is 3.68. The second kappa shape index (κ2) is 6.05. The first-order chi connectivity index (χ1) is 9.47. The molecule has 7 heteroatoms. The summed E-state index contributed by atoms with van der Waals surface area (Å²) in [5.41, 5.74) is 0.865. The first-order valence-electron chi connectivity index (χ1n) is 5.80. The molecule has 2 rings (SSSR count). The minimum Gasteiger partial charge on any atom is -0.469 e. The van der Waals surface area contributed by atoms with Crippen LogP contribution in [0.1, 0.15) is 16.8 Å². The summed E-state index contributed by atoms with van der Waals surface area (Å²) in [6.07, 6.45) is 0.775. The molecule has 1 fully saturated rings. The summed E-state index contributed by atoms with van der Waals surface area (Å²) < 4.78 is 6.01. The molecule has 1 saturated heterocycles. The van der Waals surface area contributed by atoms with Crippen LogP contribution in [0, 0.1) is 5.92 Å². The summed E-state index contributed by atoms with van der Waals surface area (Å²) in [6.45, 7) is 0.215. The van der Waals surface area contributed by atoms with Crippen molar-refractivity contribution in [2.75, 3.05) is 18.6 Å². The normalized spacial score (nSPS) is 18.2. The Hall–Kier alpha value is -1.21. The summed E-state index contributed by atoms with van der Waals surface area (Å²) in [5.74, 6) is -1.11. The largest absolute Gasteiger partial charge is 0.469 e. The molecule has 1 heterocycles. The Morgan fingerprint density at radius 1 is 1.45 bits per heavy atom. The summed E-state index contributed by atoms with van der Waals surface area (Å²) in [6, 6.07) is 3.38. The molecule has 0 radical (unpaired) electrons. The van der Waals surface area contributed by atoms with Gasteiger partial charge in [-0.15, -0.1) is 0 Å². The molecule has 1 aliphatic heterocycles. The van der Waals surface area contributed by atoms with Gasteiger partial charge in [-0.3, -0.25) is 14.4 Å². The topological polar surface area (TPSA) is 63.7 Å². The van der Waals surface area contributed by atoms with Gasteiger partial charge in [-0.05, 0) is 28.1 Å². The maximum absolute atomic E-state index is 12.1. The summed E-state index contributed by atoms with van der Waals surface area (Å²) in [5, 5.41) is 0. The van der Waals surface area contributed by atoms with E-state index in [2.05, 4.69) is 36.6 Å². The molecule has 20 heavy (non-hydrogen) atoms. The van der Waals surface area contributed by atoms with Crippen molar-refractivity contribution in [3.05, 3.63) is 26.6 Å². The van der Waals surface area contributed by atoms with E-state index in [1.54, 1.807) is 12.1 Å². The van der Waals surface area contributed by atoms with Crippen molar-refractivity contribution in [1.82, 2.24) is 0 Å². The van der Waals surface area contributed by atoms with Gasteiger partial charge in [0.15, 0.2) is 6.29 Å². The number of hydrogen-bond donors (Lipinski definition) is 0. The summed E-state index contributed by atoms with van der Waals surface area (Å²) in [4.78, 5) is 36.3. The van der Waals surface area contributed by atoms with E-state index in [-0.39, 0.29) is 18.9 Å². The number of methoxy groups -OCH3 is 1. The van der Waals surface area contributed by atoms with E-state index in [1.807, 2.05) is 0 Å². The monoisotopic (exact) mass is 403 g/mol. The SMILES string of the molecule is COC(=O)C1CC(=O)N(c2c(Br)cc(Br)cc2C=O)C1. The standard InChI is InChI=1S/C13H11Br2NO4/c1-20-13(19)7-3-11(18)16(5-7)12-8(6-17)2-9(14)4-10(12)15/h2,4,6-7H,3,5H2,1H3. The number of ether oxygens (including phenoxy) is 1. The van der Waals surface area contributed by atoms with Gasteiger partial charge in [-0.2, -0.15) is 0 Å². The number of aldehydes is 1. The van der Waals surface area contributed by atoms with Crippen molar-refractivity contribution in [2.24, 2.45) is 5.92 Å². The molecular formula is C13H11Br2NO4. The van der Waals surface area contributed by atoms with Gasteiger partial charge in [0.2, 0.25) is 5.91 Å². The summed E-state index contributed by atoms with van der Waals surface area (Å²) in [7, 11) is 1.29. The van der Waals surface area contributed by atoms with Crippen LogP contribution in [0.15, 0.2) is 21.1 Å². The Labute approximate surface area is 132 Å². The fraction of sp³-hybridized carbons (Fsp3) is 0.308. The highest BCUT2D eigenvalue weighted by atomic mass is 79.9. The Bertz CT molecular complexity index is 588. The molecule has 1 aromatic rings. The van der Waals surface area contributed by atoms with Gasteiger partial charge in [0.1, 0.15) is 0 Å². The lowest BCUT2D eigenvalue weighted by Gasteiger charge is -2.20. The lowest BCUT2D eigenvalue weighted by molar-refractivity contribution is -0.145. The molecule has 1 unspecified atom stereocenters. The van der Waals surface area contributed by atoms with Crippen LogP contribution in [0.25, 0.3) is 0 Å². The molecule has 1 aromatic carbocycles. The zero-order valence-electron chi connectivity index (χ0n) is 10.6. The number of benzene rings is 1. The van der Waals surface area contributed by atoms with E-state index in [4.69, 9.17) is 0 Å². The van der Waals surface area contributed by atoms with Crippen LogP contribution in [0.4, 0.5) is 5.69 Å². The number of rotatable bonds is 3. The highest BCUT2D eigenvalue weighted by Gasteiger charge is 2.37. The smallest absolute Gasteiger partial charge is 0.311 e. The maximum Gasteiger partial charge on any atom is 0.311 e. The molecule has 0 N–H and O–H groups in total. The third kappa shape index (κ3) is 2.78. The van der Waals surface area contributed by atoms with Gasteiger partial charge in [0, 0.05) is 27.5 Å². The van der Waals surface area contributed by atoms with Crippen LogP contribution in [0.3, 0.4) is 0 Å². The van der Waals surface area contributed by atoms with Crippen molar-refractivity contribution in [3.63, 3.8) is 0 Å². The minimum atomic E-state index is -0.498. The minimum absolute atomic E-state index is 0.0907. The maximum atomic E-state index is 12.1. The lowest BCUT2D eigenvalue weighted by Crippen LogP contribution is -2.27. The van der Waals surface area contributed by atoms with Crippen LogP contribution in [0.5, 0.6) is 0 Å². The van der Waals surface area contributed by atoms with E-state index in [0.717, 1.165) is 4.47 Å². The predicted octanol–water partition coefficient (Wildman–Crippen LogP) is 2.55. The first kappa shape index (κ1) is 15.2. The molecule has 0 saturated carbocycles. The van der Waals surface area contributed by atoms with Gasteiger partial charge in [-0.1, -0.05) is 15.9 Å². The third-order valence-corrected chi connectivity index (χ3v) is 4.18. The van der Waals surface area contributed by atoms with E-state index in [1.165, 1.54) is 12.0 Å². The molecule has 1 amide bonds. The van der Waals surface area contributed by atoms with Crippen molar-refractivity contribution >= 4 is 55.7 Å². The highest BCUT2D eigenvalue weighted by molar-refractivity contribution is 9.11. The molecule has 5 nitrogen and oxygen atoms in total. The van der Waals surface area contributed by atoms with Gasteiger partial charge in [-0.25, -0.2) is 0 Å². The third-order valence-electron chi connectivity index (χ3n) is 3.11. The number of halogens is 2. The fourth-order valence-electron chi connectivity index (χ4n) is 2.21. The molecular weight excluding hydrogens is 394 g/mol. The molecule has 1 atom stereocenters. The lowest BCUT2D eigenvalue weighted by atomic mass is 10.1. The molecule has 0 bridgehead atoms. The Morgan fingerprint density at radius 2 is 2.15 bits per heavy atom. The Kier molecular flexibility index (Phi) is 4.59. The van der Waals surface area contributed by atoms with Gasteiger partial charge < -0.3 is 9.64 Å². The van der Waals surface area contributed by atoms with Crippen molar-refractivity contribution < 1.29 is 19.1 Å². The first-order valence-corrected chi connectivity index (χ1v) is 7.39. The zero-order chi connectivity index (χ0) is 14.9. The van der Waals surface area contributed by atoms with Crippen LogP contribution >= 0.6 is 31.9 Å². The second-order valence-electron chi connectivity index (χ2n) is 4.37. The van der Waals surface area contributed by atoms with Crippen molar-refractivity contribution in [2.45, 2.75) is 6.42 Å². The average molecular weight is 405 g/mol. The van der Waals surface area contributed by atoms with E-state index in [0.29, 0.717) is 22.0 Å². The van der Waals surface area contributed by atoms with Crippen LogP contribution in [-0.2, 0) is 14.3 Å². The van der Waals surface area contributed by atoms with Crippen LogP contribution in [-0.4, -0.2) is 31.8 Å². The highest BCUT2D eigenvalue weighted by Crippen LogP contribution is 2.36. The average Bonchev–Trinajstić information content (AvgIpc) is 2.78. The predicted molar refractivity (Wildman–Crippen MR) is 79.7 cm³/mol. The van der Waals surface area contributed by atoms with Gasteiger partial charge >= 0.3 is 5.97 Å². The van der Waals surface area contributed by atoms with Crippen molar-refractivity contribution in [3.8, 4) is 0 Å². The quantitative estimate of drug-likeness (QED) is 0.573. The van der Waals surface area contributed by atoms with Gasteiger partial charge in [0.05, 0.1) is 18.7 Å². The van der Waals surface area contributed by atoms with Crippen LogP contribution in [0.2, 0.25) is 0 Å². The molecule has 0 aromatic heterocycles. The van der Waals surface area contributed by atoms with E-state index >= 15 is 0 Å². The second-order valence-corrected chi connectivity index (χ2v) is 6.14. The summed E-state index contributed by atoms with van der Waals surface area (Å²) >= 11 is 6.64. The molecule has 106 valence electrons. The zero-order valence-corrected chi connectivity index (χ0v) is 13.7.